The van der Waals surface area contributed by atoms with Crippen molar-refractivity contribution in [3.05, 3.63) is 74.2 Å². The van der Waals surface area contributed by atoms with Crippen LogP contribution in [0.1, 0.15) is 35.1 Å². The Bertz CT molecular complexity index is 813. The second kappa shape index (κ2) is 5.73. The minimum atomic E-state index is 0.130. The van der Waals surface area contributed by atoms with Gasteiger partial charge in [-0.05, 0) is 48.1 Å². The van der Waals surface area contributed by atoms with Gasteiger partial charge in [-0.25, -0.2) is 0 Å². The van der Waals surface area contributed by atoms with E-state index < -0.39 is 0 Å². The Kier molecular flexibility index (Phi) is 3.84. The fourth-order valence-electron chi connectivity index (χ4n) is 3.86. The predicted octanol–water partition coefficient (Wildman–Crippen LogP) is 6.78. The van der Waals surface area contributed by atoms with Crippen LogP contribution < -0.4 is 5.32 Å². The van der Waals surface area contributed by atoms with Crippen LogP contribution in [0.3, 0.4) is 0 Å². The third-order valence-corrected chi connectivity index (χ3v) is 6.29. The fraction of sp³-hybridized carbons (Fsp3) is 0.263. The quantitative estimate of drug-likeness (QED) is 0.550. The van der Waals surface area contributed by atoms with Gasteiger partial charge in [0.1, 0.15) is 0 Å². The number of fused-ring (bicyclic) bond motifs is 3. The zero-order valence-electron chi connectivity index (χ0n) is 12.6. The number of rotatable bonds is 1. The molecule has 0 aromatic heterocycles. The van der Waals surface area contributed by atoms with Gasteiger partial charge in [0, 0.05) is 16.6 Å². The topological polar surface area (TPSA) is 12.0 Å². The molecule has 2 aromatic carbocycles. The van der Waals surface area contributed by atoms with Gasteiger partial charge >= 0.3 is 0 Å². The van der Waals surface area contributed by atoms with Crippen molar-refractivity contribution in [1.29, 1.82) is 0 Å². The van der Waals surface area contributed by atoms with Crippen LogP contribution in [-0.4, -0.2) is 0 Å². The molecule has 0 spiro atoms. The molecule has 3 atom stereocenters. The largest absolute Gasteiger partial charge is 0.377 e. The molecule has 1 aliphatic heterocycles. The molecule has 1 N–H and O–H groups in total. The minimum Gasteiger partial charge on any atom is -0.377 e. The van der Waals surface area contributed by atoms with Gasteiger partial charge in [-0.15, -0.1) is 0 Å². The fourth-order valence-corrected chi connectivity index (χ4v) is 4.44. The van der Waals surface area contributed by atoms with Gasteiger partial charge in [0.15, 0.2) is 0 Å². The predicted molar refractivity (Wildman–Crippen MR) is 99.0 cm³/mol. The Morgan fingerprint density at radius 3 is 2.65 bits per heavy atom. The van der Waals surface area contributed by atoms with Crippen molar-refractivity contribution < 1.29 is 0 Å². The van der Waals surface area contributed by atoms with E-state index >= 15 is 0 Å². The van der Waals surface area contributed by atoms with E-state index in [9.17, 15) is 0 Å². The van der Waals surface area contributed by atoms with Gasteiger partial charge in [0.05, 0.1) is 16.1 Å². The maximum absolute atomic E-state index is 6.50. The van der Waals surface area contributed by atoms with Crippen LogP contribution in [0.5, 0.6) is 0 Å². The lowest BCUT2D eigenvalue weighted by atomic mass is 9.76. The van der Waals surface area contributed by atoms with Crippen LogP contribution in [0.4, 0.5) is 5.69 Å². The molecule has 1 nitrogen and oxygen atoms in total. The van der Waals surface area contributed by atoms with E-state index in [1.165, 1.54) is 5.56 Å². The zero-order chi connectivity index (χ0) is 16.1. The van der Waals surface area contributed by atoms with Crippen LogP contribution in [0.15, 0.2) is 42.5 Å². The first-order valence-electron chi connectivity index (χ1n) is 7.74. The molecule has 0 amide bonds. The maximum atomic E-state index is 6.50. The van der Waals surface area contributed by atoms with Gasteiger partial charge in [0.2, 0.25) is 0 Å². The molecule has 0 radical (unpaired) electrons. The highest BCUT2D eigenvalue weighted by molar-refractivity contribution is 6.42. The van der Waals surface area contributed by atoms with Crippen LogP contribution in [0.2, 0.25) is 15.1 Å². The van der Waals surface area contributed by atoms with E-state index in [0.29, 0.717) is 21.9 Å². The lowest BCUT2D eigenvalue weighted by molar-refractivity contribution is 0.425. The number of halogens is 3. The molecule has 118 valence electrons. The summed E-state index contributed by atoms with van der Waals surface area (Å²) in [5, 5.41) is 5.72. The molecule has 0 unspecified atom stereocenters. The SMILES string of the molecule is Cc1c(Cl)ccc2c1N[C@H](c1cccc(Cl)c1Cl)[C@H]1CC=C[C@@H]21. The number of anilines is 1. The van der Waals surface area contributed by atoms with E-state index in [-0.39, 0.29) is 6.04 Å². The Labute approximate surface area is 151 Å². The van der Waals surface area contributed by atoms with Gasteiger partial charge < -0.3 is 5.32 Å². The summed E-state index contributed by atoms with van der Waals surface area (Å²) in [7, 11) is 0. The van der Waals surface area contributed by atoms with E-state index in [0.717, 1.165) is 28.3 Å². The van der Waals surface area contributed by atoms with Crippen molar-refractivity contribution in [1.82, 2.24) is 0 Å². The number of nitrogens with one attached hydrogen (secondary N) is 1. The van der Waals surface area contributed by atoms with Crippen molar-refractivity contribution in [2.45, 2.75) is 25.3 Å². The average molecular weight is 365 g/mol. The van der Waals surface area contributed by atoms with E-state index in [1.54, 1.807) is 0 Å². The number of benzene rings is 2. The summed E-state index contributed by atoms with van der Waals surface area (Å²) in [4.78, 5) is 0. The first kappa shape index (κ1) is 15.4. The maximum Gasteiger partial charge on any atom is 0.0645 e. The third kappa shape index (κ3) is 2.38. The molecule has 0 bridgehead atoms. The van der Waals surface area contributed by atoms with Crippen molar-refractivity contribution in [3.63, 3.8) is 0 Å². The summed E-state index contributed by atoms with van der Waals surface area (Å²) < 4.78 is 0. The van der Waals surface area contributed by atoms with Crippen molar-refractivity contribution in [3.8, 4) is 0 Å². The Morgan fingerprint density at radius 1 is 1.00 bits per heavy atom. The summed E-state index contributed by atoms with van der Waals surface area (Å²) in [5.74, 6) is 0.835. The summed E-state index contributed by atoms with van der Waals surface area (Å²) in [6.45, 7) is 2.06. The van der Waals surface area contributed by atoms with Gasteiger partial charge in [0.25, 0.3) is 0 Å². The summed E-state index contributed by atoms with van der Waals surface area (Å²) >= 11 is 19.1. The molecule has 0 saturated carbocycles. The summed E-state index contributed by atoms with van der Waals surface area (Å²) in [5.41, 5.74) is 4.60. The molecule has 0 saturated heterocycles. The van der Waals surface area contributed by atoms with E-state index in [4.69, 9.17) is 34.8 Å². The number of hydrogen-bond acceptors (Lipinski definition) is 1. The van der Waals surface area contributed by atoms with E-state index in [2.05, 4.69) is 36.5 Å². The third-order valence-electron chi connectivity index (χ3n) is 5.05. The highest BCUT2D eigenvalue weighted by atomic mass is 35.5. The van der Waals surface area contributed by atoms with Crippen molar-refractivity contribution >= 4 is 40.5 Å². The Morgan fingerprint density at radius 2 is 1.83 bits per heavy atom. The lowest BCUT2D eigenvalue weighted by Gasteiger charge is -2.39. The molecule has 4 heteroatoms. The molecule has 4 rings (SSSR count). The first-order chi connectivity index (χ1) is 11.1. The van der Waals surface area contributed by atoms with Crippen LogP contribution in [-0.2, 0) is 0 Å². The lowest BCUT2D eigenvalue weighted by Crippen LogP contribution is -2.29. The molecule has 1 aliphatic carbocycles. The van der Waals surface area contributed by atoms with Gasteiger partial charge in [-0.1, -0.05) is 65.2 Å². The molecule has 1 heterocycles. The second-order valence-corrected chi connectivity index (χ2v) is 7.45. The number of hydrogen-bond donors (Lipinski definition) is 1. The van der Waals surface area contributed by atoms with Crippen molar-refractivity contribution in [2.75, 3.05) is 5.32 Å². The molecule has 0 fully saturated rings. The van der Waals surface area contributed by atoms with Crippen LogP contribution in [0, 0.1) is 12.8 Å². The number of allylic oxidation sites excluding steroid dienone is 2. The average Bonchev–Trinajstić information content (AvgIpc) is 3.03. The molecule has 2 aliphatic rings. The standard InChI is InChI=1S/C19H16Cl3N/c1-10-15(20)9-8-13-11-4-2-5-12(11)19(23-18(10)13)14-6-3-7-16(21)17(14)22/h2-4,6-9,11-12,19,23H,5H2,1H3/t11-,12+,19+/m1/s1. The molecular weight excluding hydrogens is 349 g/mol. The van der Waals surface area contributed by atoms with E-state index in [1.807, 2.05) is 18.2 Å². The van der Waals surface area contributed by atoms with Gasteiger partial charge in [-0.3, -0.25) is 0 Å². The van der Waals surface area contributed by atoms with Crippen LogP contribution >= 0.6 is 34.8 Å². The molecule has 2 aromatic rings. The van der Waals surface area contributed by atoms with Crippen LogP contribution in [0.25, 0.3) is 0 Å². The highest BCUT2D eigenvalue weighted by Crippen LogP contribution is 2.52. The summed E-state index contributed by atoms with van der Waals surface area (Å²) in [6, 6.07) is 10.1. The molecule has 23 heavy (non-hydrogen) atoms. The Hall–Kier alpha value is -1.15. The monoisotopic (exact) mass is 363 g/mol. The minimum absolute atomic E-state index is 0.130. The Balaban J connectivity index is 1.87. The highest BCUT2D eigenvalue weighted by Gasteiger charge is 2.39. The van der Waals surface area contributed by atoms with Gasteiger partial charge in [-0.2, -0.15) is 0 Å². The molecular formula is C19H16Cl3N. The normalized spacial score (nSPS) is 25.0. The second-order valence-electron chi connectivity index (χ2n) is 6.26. The van der Waals surface area contributed by atoms with Crippen molar-refractivity contribution in [2.24, 2.45) is 5.92 Å². The summed E-state index contributed by atoms with van der Waals surface area (Å²) in [6.07, 6.45) is 5.61. The zero-order valence-corrected chi connectivity index (χ0v) is 14.9. The smallest absolute Gasteiger partial charge is 0.0645 e. The first-order valence-corrected chi connectivity index (χ1v) is 8.87.